The molecule has 5 rings (SSSR count). The Morgan fingerprint density at radius 3 is 2.48 bits per heavy atom. The van der Waals surface area contributed by atoms with Crippen LogP contribution in [0.1, 0.15) is 27.0 Å². The zero-order chi connectivity index (χ0) is 27.6. The molecule has 0 spiro atoms. The molecule has 40 heavy (non-hydrogen) atoms. The molecule has 1 aliphatic heterocycles. The third-order valence-corrected chi connectivity index (χ3v) is 6.93. The van der Waals surface area contributed by atoms with Gasteiger partial charge < -0.3 is 20.5 Å². The van der Waals surface area contributed by atoms with Gasteiger partial charge >= 0.3 is 6.18 Å². The molecule has 0 radical (unpaired) electrons. The van der Waals surface area contributed by atoms with Crippen molar-refractivity contribution < 1.29 is 22.8 Å². The molecular formula is C30H28ClF3N4O2. The second kappa shape index (κ2) is 11.9. The molecule has 0 saturated carbocycles. The Kier molecular flexibility index (Phi) is 8.54. The third kappa shape index (κ3) is 6.31. The van der Waals surface area contributed by atoms with E-state index in [2.05, 4.69) is 4.98 Å². The lowest BCUT2D eigenvalue weighted by molar-refractivity contribution is -0.137. The number of aromatic nitrogens is 1. The molecule has 0 aliphatic carbocycles. The summed E-state index contributed by atoms with van der Waals surface area (Å²) in [4.78, 5) is 33.1. The number of fused-ring (bicyclic) bond motifs is 1. The molecule has 208 valence electrons. The molecule has 1 fully saturated rings. The van der Waals surface area contributed by atoms with Gasteiger partial charge in [0.15, 0.2) is 0 Å². The second-order valence-electron chi connectivity index (χ2n) is 9.59. The summed E-state index contributed by atoms with van der Waals surface area (Å²) < 4.78 is 40.3. The fraction of sp³-hybridized carbons (Fsp3) is 0.200. The lowest BCUT2D eigenvalue weighted by Crippen LogP contribution is -2.57. The molecule has 3 aromatic carbocycles. The first-order valence-electron chi connectivity index (χ1n) is 12.5. The van der Waals surface area contributed by atoms with Crippen LogP contribution in [0, 0.1) is 0 Å². The molecular weight excluding hydrogens is 541 g/mol. The van der Waals surface area contributed by atoms with E-state index in [0.717, 1.165) is 34.2 Å². The van der Waals surface area contributed by atoms with E-state index >= 15 is 0 Å². The largest absolute Gasteiger partial charge is 0.416 e. The quantitative estimate of drug-likeness (QED) is 0.236. The highest BCUT2D eigenvalue weighted by Crippen LogP contribution is 2.32. The topological polar surface area (TPSA) is 82.4 Å². The number of para-hydroxylation sites is 1. The van der Waals surface area contributed by atoms with E-state index in [1.165, 1.54) is 12.1 Å². The molecule has 10 heteroatoms. The summed E-state index contributed by atoms with van der Waals surface area (Å²) in [6.45, 7) is 0.660. The molecule has 3 N–H and O–H groups in total. The van der Waals surface area contributed by atoms with Crippen LogP contribution in [0.4, 0.5) is 18.9 Å². The average Bonchev–Trinajstić information content (AvgIpc) is 3.34. The van der Waals surface area contributed by atoms with Crippen molar-refractivity contribution in [2.45, 2.75) is 18.6 Å². The van der Waals surface area contributed by atoms with Crippen molar-refractivity contribution in [1.29, 1.82) is 0 Å². The number of rotatable bonds is 5. The number of aromatic amines is 1. The highest BCUT2D eigenvalue weighted by molar-refractivity contribution is 5.96. The minimum absolute atomic E-state index is 0. The molecule has 1 unspecified atom stereocenters. The average molecular weight is 569 g/mol. The Morgan fingerprint density at radius 2 is 1.73 bits per heavy atom. The van der Waals surface area contributed by atoms with Gasteiger partial charge in [-0.25, -0.2) is 0 Å². The number of carbonyl (C=O) groups is 2. The number of nitrogens with zero attached hydrogens (tertiary/aromatic N) is 2. The third-order valence-electron chi connectivity index (χ3n) is 6.93. The van der Waals surface area contributed by atoms with Crippen molar-refractivity contribution in [3.63, 3.8) is 0 Å². The molecule has 6 nitrogen and oxygen atoms in total. The summed E-state index contributed by atoms with van der Waals surface area (Å²) in [5.41, 5.74) is 7.27. The van der Waals surface area contributed by atoms with Crippen LogP contribution in [-0.2, 0) is 17.4 Å². The number of halogens is 4. The predicted octanol–water partition coefficient (Wildman–Crippen LogP) is 5.80. The van der Waals surface area contributed by atoms with Gasteiger partial charge in [-0.3, -0.25) is 9.59 Å². The van der Waals surface area contributed by atoms with Crippen LogP contribution in [-0.4, -0.2) is 52.3 Å². The van der Waals surface area contributed by atoms with Crippen molar-refractivity contribution in [3.05, 3.63) is 107 Å². The highest BCUT2D eigenvalue weighted by atomic mass is 35.5. The number of hydrogen-bond acceptors (Lipinski definition) is 3. The molecule has 1 atom stereocenters. The molecule has 1 aromatic heterocycles. The first kappa shape index (κ1) is 28.8. The summed E-state index contributed by atoms with van der Waals surface area (Å²) in [5.74, 6) is -0.747. The number of nitrogens with one attached hydrogen (secondary N) is 1. The summed E-state index contributed by atoms with van der Waals surface area (Å²) >= 11 is 0. The fourth-order valence-electron chi connectivity index (χ4n) is 4.99. The number of benzene rings is 3. The van der Waals surface area contributed by atoms with Crippen molar-refractivity contribution in [1.82, 2.24) is 14.8 Å². The molecule has 1 aliphatic rings. The van der Waals surface area contributed by atoms with Crippen molar-refractivity contribution in [2.24, 2.45) is 0 Å². The van der Waals surface area contributed by atoms with Crippen molar-refractivity contribution >= 4 is 46.9 Å². The maximum absolute atomic E-state index is 13.6. The molecule has 2 amide bonds. The number of nitrogens with two attached hydrogens (primary N) is 1. The number of alkyl halides is 3. The Labute approximate surface area is 235 Å². The lowest BCUT2D eigenvalue weighted by Gasteiger charge is -2.41. The summed E-state index contributed by atoms with van der Waals surface area (Å²) in [6, 6.07) is 19.6. The zero-order valence-corrected chi connectivity index (χ0v) is 22.2. The maximum atomic E-state index is 13.6. The number of nitrogen functional groups attached to an aromatic ring is 1. The van der Waals surface area contributed by atoms with Gasteiger partial charge in [0.2, 0.25) is 5.91 Å². The van der Waals surface area contributed by atoms with Crippen molar-refractivity contribution in [3.8, 4) is 0 Å². The van der Waals surface area contributed by atoms with Crippen LogP contribution in [0.3, 0.4) is 0 Å². The molecule has 0 bridgehead atoms. The number of amides is 2. The van der Waals surface area contributed by atoms with Gasteiger partial charge in [-0.1, -0.05) is 48.5 Å². The minimum Gasteiger partial charge on any atom is -0.399 e. The van der Waals surface area contributed by atoms with E-state index in [4.69, 9.17) is 5.73 Å². The van der Waals surface area contributed by atoms with E-state index in [-0.39, 0.29) is 49.2 Å². The van der Waals surface area contributed by atoms with Crippen LogP contribution in [0.15, 0.2) is 85.1 Å². The molecule has 1 saturated heterocycles. The molecule has 2 heterocycles. The van der Waals surface area contributed by atoms with Gasteiger partial charge in [0, 0.05) is 54.1 Å². The van der Waals surface area contributed by atoms with Crippen LogP contribution in [0.2, 0.25) is 0 Å². The van der Waals surface area contributed by atoms with E-state index < -0.39 is 23.7 Å². The summed E-state index contributed by atoms with van der Waals surface area (Å²) in [7, 11) is 0. The van der Waals surface area contributed by atoms with E-state index in [1.807, 2.05) is 60.8 Å². The Bertz CT molecular complexity index is 1540. The van der Waals surface area contributed by atoms with Crippen LogP contribution in [0.5, 0.6) is 0 Å². The van der Waals surface area contributed by atoms with Gasteiger partial charge in [-0.2, -0.15) is 13.2 Å². The predicted molar refractivity (Wildman–Crippen MR) is 152 cm³/mol. The number of piperazine rings is 1. The summed E-state index contributed by atoms with van der Waals surface area (Å²) in [6.07, 6.45) is 0.884. The first-order chi connectivity index (χ1) is 18.7. The van der Waals surface area contributed by atoms with Gasteiger partial charge in [0.05, 0.1) is 11.6 Å². The van der Waals surface area contributed by atoms with E-state index in [1.54, 1.807) is 15.9 Å². The van der Waals surface area contributed by atoms with Gasteiger partial charge in [0.25, 0.3) is 5.91 Å². The second-order valence-corrected chi connectivity index (χ2v) is 9.59. The highest BCUT2D eigenvalue weighted by Gasteiger charge is 2.35. The number of H-pyrrole nitrogens is 1. The maximum Gasteiger partial charge on any atom is 0.416 e. The Balaban J connectivity index is 0.00000370. The number of hydrogen-bond donors (Lipinski definition) is 2. The zero-order valence-electron chi connectivity index (χ0n) is 21.4. The molecule has 4 aromatic rings. The standard InChI is InChI=1S/C30H27F3N4O2.ClH/c31-30(32,33)23-14-21(15-24(34)17-23)29(39)37-13-12-36(28(38)11-10-20-6-2-1-3-7-20)19-25(37)16-22-18-35-27-9-5-4-8-26(22)27;/h1-11,14-15,17-18,25,35H,12-13,16,19,34H2;1H/b11-10+;. The lowest BCUT2D eigenvalue weighted by atomic mass is 9.99. The van der Waals surface area contributed by atoms with Gasteiger partial charge in [-0.15, -0.1) is 12.4 Å². The van der Waals surface area contributed by atoms with E-state index in [0.29, 0.717) is 6.42 Å². The van der Waals surface area contributed by atoms with E-state index in [9.17, 15) is 22.8 Å². The number of anilines is 1. The summed E-state index contributed by atoms with van der Waals surface area (Å²) in [5, 5.41) is 0.987. The van der Waals surface area contributed by atoms with Gasteiger partial charge in [0.1, 0.15) is 0 Å². The van der Waals surface area contributed by atoms with Crippen LogP contribution >= 0.6 is 12.4 Å². The normalized spacial score (nSPS) is 15.8. The van der Waals surface area contributed by atoms with Gasteiger partial charge in [-0.05, 0) is 47.9 Å². The SMILES string of the molecule is Cl.Nc1cc(C(=O)N2CCN(C(=O)/C=C/c3ccccc3)CC2Cc2c[nH]c3ccccc23)cc(C(F)(F)F)c1. The van der Waals surface area contributed by atoms with Crippen molar-refractivity contribution in [2.75, 3.05) is 25.4 Å². The Hall–Kier alpha value is -4.24. The minimum atomic E-state index is -4.63. The fourth-order valence-corrected chi connectivity index (χ4v) is 4.99. The smallest absolute Gasteiger partial charge is 0.399 e. The Morgan fingerprint density at radius 1 is 1.00 bits per heavy atom. The number of carbonyl (C=O) groups excluding carboxylic acids is 2. The van der Waals surface area contributed by atoms with Crippen LogP contribution in [0.25, 0.3) is 17.0 Å². The first-order valence-corrected chi connectivity index (χ1v) is 12.5. The monoisotopic (exact) mass is 568 g/mol. The van der Waals surface area contributed by atoms with Crippen LogP contribution < -0.4 is 5.73 Å².